The number of rotatable bonds is 3. The lowest BCUT2D eigenvalue weighted by molar-refractivity contribution is 0.0989. The zero-order valence-electron chi connectivity index (χ0n) is 12.5. The van der Waals surface area contributed by atoms with Crippen molar-refractivity contribution < 1.29 is 9.84 Å². The number of hydrogen-bond donors (Lipinski definition) is 1. The van der Waals surface area contributed by atoms with Gasteiger partial charge in [0, 0.05) is 30.1 Å². The molecule has 2 saturated heterocycles. The third-order valence-electron chi connectivity index (χ3n) is 4.74. The van der Waals surface area contributed by atoms with Crippen LogP contribution in [0.15, 0.2) is 12.1 Å². The lowest BCUT2D eigenvalue weighted by Gasteiger charge is -2.25. The van der Waals surface area contributed by atoms with Crippen molar-refractivity contribution in [2.24, 2.45) is 11.3 Å². The van der Waals surface area contributed by atoms with E-state index in [1.807, 2.05) is 12.1 Å². The van der Waals surface area contributed by atoms with Gasteiger partial charge in [-0.1, -0.05) is 13.8 Å². The molecule has 3 heterocycles. The van der Waals surface area contributed by atoms with E-state index < -0.39 is 0 Å². The number of pyridine rings is 1. The summed E-state index contributed by atoms with van der Waals surface area (Å²) in [6.45, 7) is 7.10. The maximum absolute atomic E-state index is 9.77. The predicted octanol–water partition coefficient (Wildman–Crippen LogP) is 1.52. The van der Waals surface area contributed by atoms with E-state index in [-0.39, 0.29) is 12.0 Å². The molecular weight excluding hydrogens is 266 g/mol. The minimum Gasteiger partial charge on any atom is -0.396 e. The summed E-state index contributed by atoms with van der Waals surface area (Å²) >= 11 is 0. The maximum atomic E-state index is 9.77. The largest absolute Gasteiger partial charge is 0.396 e. The highest BCUT2D eigenvalue weighted by Crippen LogP contribution is 2.42. The molecule has 21 heavy (non-hydrogen) atoms. The number of aliphatic hydroxyl groups is 1. The van der Waals surface area contributed by atoms with Crippen molar-refractivity contribution in [3.63, 3.8) is 0 Å². The van der Waals surface area contributed by atoms with Gasteiger partial charge in [0.05, 0.1) is 25.4 Å². The zero-order chi connectivity index (χ0) is 15.0. The SMILES string of the molecule is CC(C)c1ccc(C#N)c(N2C[C@H]3COC[C@@]3(CO)C2)n1. The van der Waals surface area contributed by atoms with Gasteiger partial charge in [0.25, 0.3) is 0 Å². The molecule has 2 aliphatic heterocycles. The number of ether oxygens (including phenoxy) is 1. The third-order valence-corrected chi connectivity index (χ3v) is 4.74. The molecule has 2 atom stereocenters. The van der Waals surface area contributed by atoms with Gasteiger partial charge in [0.15, 0.2) is 0 Å². The Morgan fingerprint density at radius 2 is 2.38 bits per heavy atom. The summed E-state index contributed by atoms with van der Waals surface area (Å²) in [5.74, 6) is 1.40. The Hall–Kier alpha value is -1.64. The van der Waals surface area contributed by atoms with Crippen molar-refractivity contribution in [1.29, 1.82) is 5.26 Å². The van der Waals surface area contributed by atoms with Crippen LogP contribution in [-0.4, -0.2) is 43.0 Å². The summed E-state index contributed by atoms with van der Waals surface area (Å²) in [6.07, 6.45) is 0. The van der Waals surface area contributed by atoms with Crippen LogP contribution in [0.25, 0.3) is 0 Å². The number of nitrogens with zero attached hydrogens (tertiary/aromatic N) is 3. The number of nitriles is 1. The molecule has 0 amide bonds. The number of aliphatic hydroxyl groups excluding tert-OH is 1. The van der Waals surface area contributed by atoms with Crippen LogP contribution in [0.5, 0.6) is 0 Å². The van der Waals surface area contributed by atoms with Crippen LogP contribution in [0.1, 0.15) is 31.0 Å². The van der Waals surface area contributed by atoms with Crippen LogP contribution in [0.3, 0.4) is 0 Å². The summed E-state index contributed by atoms with van der Waals surface area (Å²) in [7, 11) is 0. The summed E-state index contributed by atoms with van der Waals surface area (Å²) in [6, 6.07) is 6.02. The van der Waals surface area contributed by atoms with Crippen LogP contribution in [-0.2, 0) is 4.74 Å². The average Bonchev–Trinajstić information content (AvgIpc) is 3.03. The fraction of sp³-hybridized carbons (Fsp3) is 0.625. The van der Waals surface area contributed by atoms with Gasteiger partial charge in [-0.25, -0.2) is 4.98 Å². The van der Waals surface area contributed by atoms with E-state index in [4.69, 9.17) is 9.72 Å². The lowest BCUT2D eigenvalue weighted by atomic mass is 9.82. The van der Waals surface area contributed by atoms with Crippen LogP contribution in [0, 0.1) is 22.7 Å². The van der Waals surface area contributed by atoms with Gasteiger partial charge in [0.1, 0.15) is 11.9 Å². The maximum Gasteiger partial charge on any atom is 0.146 e. The molecule has 3 rings (SSSR count). The van der Waals surface area contributed by atoms with Gasteiger partial charge < -0.3 is 14.7 Å². The first-order valence-electron chi connectivity index (χ1n) is 7.44. The minimum atomic E-state index is -0.192. The Morgan fingerprint density at radius 3 is 3.00 bits per heavy atom. The van der Waals surface area contributed by atoms with Crippen LogP contribution in [0.2, 0.25) is 0 Å². The third kappa shape index (κ3) is 2.29. The van der Waals surface area contributed by atoms with Gasteiger partial charge in [-0.2, -0.15) is 5.26 Å². The topological polar surface area (TPSA) is 69.4 Å². The molecular formula is C16H21N3O2. The highest BCUT2D eigenvalue weighted by atomic mass is 16.5. The molecule has 0 saturated carbocycles. The fourth-order valence-electron chi connectivity index (χ4n) is 3.33. The second-order valence-corrected chi connectivity index (χ2v) is 6.49. The number of aromatic nitrogens is 1. The Kier molecular flexibility index (Phi) is 3.60. The monoisotopic (exact) mass is 287 g/mol. The van der Waals surface area contributed by atoms with Crippen LogP contribution in [0.4, 0.5) is 5.82 Å². The van der Waals surface area contributed by atoms with Gasteiger partial charge in [-0.05, 0) is 18.1 Å². The molecule has 0 aromatic carbocycles. The molecule has 5 heteroatoms. The highest BCUT2D eigenvalue weighted by molar-refractivity contribution is 5.56. The van der Waals surface area contributed by atoms with Crippen LogP contribution >= 0.6 is 0 Å². The quantitative estimate of drug-likeness (QED) is 0.913. The molecule has 5 nitrogen and oxygen atoms in total. The molecule has 112 valence electrons. The van der Waals surface area contributed by atoms with Crippen molar-refractivity contribution in [1.82, 2.24) is 4.98 Å². The summed E-state index contributed by atoms with van der Waals surface area (Å²) < 4.78 is 5.54. The average molecular weight is 287 g/mol. The van der Waals surface area contributed by atoms with Gasteiger partial charge in [0.2, 0.25) is 0 Å². The number of fused-ring (bicyclic) bond motifs is 1. The van der Waals surface area contributed by atoms with Crippen molar-refractivity contribution in [2.45, 2.75) is 19.8 Å². The van der Waals surface area contributed by atoms with Crippen molar-refractivity contribution >= 4 is 5.82 Å². The molecule has 1 aromatic heterocycles. The molecule has 2 fully saturated rings. The van der Waals surface area contributed by atoms with E-state index in [1.165, 1.54) is 0 Å². The van der Waals surface area contributed by atoms with E-state index in [9.17, 15) is 10.4 Å². The second kappa shape index (κ2) is 5.28. The second-order valence-electron chi connectivity index (χ2n) is 6.49. The number of hydrogen-bond acceptors (Lipinski definition) is 5. The molecule has 0 aliphatic carbocycles. The molecule has 0 radical (unpaired) electrons. The first kappa shape index (κ1) is 14.3. The highest BCUT2D eigenvalue weighted by Gasteiger charge is 2.51. The van der Waals surface area contributed by atoms with Crippen molar-refractivity contribution in [3.8, 4) is 6.07 Å². The lowest BCUT2D eigenvalue weighted by Crippen LogP contribution is -2.34. The smallest absolute Gasteiger partial charge is 0.146 e. The molecule has 2 aliphatic rings. The van der Waals surface area contributed by atoms with Crippen molar-refractivity contribution in [2.75, 3.05) is 37.8 Å². The molecule has 1 aromatic rings. The molecule has 0 bridgehead atoms. The number of anilines is 1. The van der Waals surface area contributed by atoms with Gasteiger partial charge in [-0.15, -0.1) is 0 Å². The van der Waals surface area contributed by atoms with E-state index >= 15 is 0 Å². The summed E-state index contributed by atoms with van der Waals surface area (Å²) in [4.78, 5) is 6.85. The van der Waals surface area contributed by atoms with Crippen LogP contribution < -0.4 is 4.90 Å². The zero-order valence-corrected chi connectivity index (χ0v) is 12.5. The molecule has 1 N–H and O–H groups in total. The molecule has 0 spiro atoms. The Bertz CT molecular complexity index is 581. The Morgan fingerprint density at radius 1 is 1.57 bits per heavy atom. The summed E-state index contributed by atoms with van der Waals surface area (Å²) in [5, 5.41) is 19.1. The standard InChI is InChI=1S/C16H21N3O2/c1-11(2)14-4-3-12(5-17)15(18-14)19-6-13-7-21-10-16(13,8-19)9-20/h3-4,11,13,20H,6-10H2,1-2H3/t13-,16-/m0/s1. The minimum absolute atomic E-state index is 0.125. The van der Waals surface area contributed by atoms with E-state index in [2.05, 4.69) is 24.8 Å². The van der Waals surface area contributed by atoms with E-state index in [1.54, 1.807) is 0 Å². The first-order valence-corrected chi connectivity index (χ1v) is 7.44. The first-order chi connectivity index (χ1) is 10.1. The van der Waals surface area contributed by atoms with Gasteiger partial charge >= 0.3 is 0 Å². The van der Waals surface area contributed by atoms with E-state index in [0.717, 1.165) is 18.1 Å². The predicted molar refractivity (Wildman–Crippen MR) is 79.1 cm³/mol. The van der Waals surface area contributed by atoms with Gasteiger partial charge in [-0.3, -0.25) is 0 Å². The Labute approximate surface area is 125 Å². The molecule has 0 unspecified atom stereocenters. The Balaban J connectivity index is 1.94. The fourth-order valence-corrected chi connectivity index (χ4v) is 3.33. The van der Waals surface area contributed by atoms with Crippen molar-refractivity contribution in [3.05, 3.63) is 23.4 Å². The summed E-state index contributed by atoms with van der Waals surface area (Å²) in [5.41, 5.74) is 1.41. The normalized spacial score (nSPS) is 28.0. The van der Waals surface area contributed by atoms with E-state index in [0.29, 0.717) is 37.2 Å².